The van der Waals surface area contributed by atoms with Gasteiger partial charge < -0.3 is 46.0 Å². The van der Waals surface area contributed by atoms with Crippen LogP contribution in [0.5, 0.6) is 0 Å². The van der Waals surface area contributed by atoms with Crippen LogP contribution in [0.15, 0.2) is 12.2 Å². The Labute approximate surface area is 370 Å². The van der Waals surface area contributed by atoms with Crippen LogP contribution in [0, 0.1) is 0 Å². The zero-order chi connectivity index (χ0) is 45.1. The third-order valence-corrected chi connectivity index (χ3v) is 13.1. The fourth-order valence-electron chi connectivity index (χ4n) is 8.07. The summed E-state index contributed by atoms with van der Waals surface area (Å²) in [5.41, 5.74) is 0. The molecule has 362 valence electrons. The lowest BCUT2D eigenvalue weighted by Gasteiger charge is -2.41. The van der Waals surface area contributed by atoms with E-state index in [0.29, 0.717) is 12.8 Å². The maximum absolute atomic E-state index is 13.0. The first-order chi connectivity index (χ1) is 29.3. The minimum absolute atomic E-state index is 0.240. The molecule has 0 aliphatic heterocycles. The number of amides is 1. The average Bonchev–Trinajstić information content (AvgIpc) is 3.23. The van der Waals surface area contributed by atoms with E-state index >= 15 is 0 Å². The molecular weight excluding hydrogens is 801 g/mol. The molecule has 61 heavy (non-hydrogen) atoms. The van der Waals surface area contributed by atoms with Crippen LogP contribution in [-0.2, 0) is 18.4 Å². The second-order valence-corrected chi connectivity index (χ2v) is 19.3. The largest absolute Gasteiger partial charge is 0.472 e. The molecule has 1 fully saturated rings. The van der Waals surface area contributed by atoms with Gasteiger partial charge in [0.2, 0.25) is 5.91 Å². The second-order valence-electron chi connectivity index (χ2n) is 17.9. The third-order valence-electron chi connectivity index (χ3n) is 12.1. The summed E-state index contributed by atoms with van der Waals surface area (Å²) in [6, 6.07) is -1.23. The molecule has 0 radical (unpaired) electrons. The van der Waals surface area contributed by atoms with Crippen LogP contribution in [0.25, 0.3) is 0 Å². The van der Waals surface area contributed by atoms with Gasteiger partial charge in [-0.25, -0.2) is 4.57 Å². The lowest BCUT2D eigenvalue weighted by atomic mass is 9.85. The van der Waals surface area contributed by atoms with Crippen molar-refractivity contribution >= 4 is 13.7 Å². The van der Waals surface area contributed by atoms with Crippen molar-refractivity contribution in [1.82, 2.24) is 5.32 Å². The summed E-state index contributed by atoms with van der Waals surface area (Å²) in [7, 11) is -5.14. The SMILES string of the molecule is CCCCCCCCCCCCCC/C=C/C(O)C(COP(=O)(O)OC1C(O)C(O)C(O)C(O)C1O)NC(=O)CC(O)CCCCCCCCCCCCCCCCCCC. The van der Waals surface area contributed by atoms with Crippen molar-refractivity contribution in [1.29, 1.82) is 0 Å². The van der Waals surface area contributed by atoms with E-state index in [2.05, 4.69) is 19.2 Å². The van der Waals surface area contributed by atoms with Gasteiger partial charge >= 0.3 is 7.82 Å². The molecule has 1 saturated carbocycles. The van der Waals surface area contributed by atoms with Gasteiger partial charge in [0, 0.05) is 0 Å². The van der Waals surface area contributed by atoms with Crippen molar-refractivity contribution < 1.29 is 59.0 Å². The Hall–Kier alpha value is -0.960. The molecule has 0 bridgehead atoms. The molecule has 14 heteroatoms. The number of hydrogen-bond acceptors (Lipinski definition) is 11. The summed E-state index contributed by atoms with van der Waals surface area (Å²) >= 11 is 0. The van der Waals surface area contributed by atoms with Crippen LogP contribution in [0.2, 0.25) is 0 Å². The molecule has 0 aromatic heterocycles. The van der Waals surface area contributed by atoms with E-state index in [1.54, 1.807) is 6.08 Å². The maximum Gasteiger partial charge on any atom is 0.472 e. The molecule has 1 amide bonds. The first-order valence-corrected chi connectivity index (χ1v) is 26.2. The van der Waals surface area contributed by atoms with Crippen molar-refractivity contribution in [3.63, 3.8) is 0 Å². The topological polar surface area (TPSA) is 226 Å². The average molecular weight is 894 g/mol. The molecule has 0 aromatic carbocycles. The summed E-state index contributed by atoms with van der Waals surface area (Å²) in [5.74, 6) is -0.589. The molecule has 9 N–H and O–H groups in total. The third kappa shape index (κ3) is 29.2. The number of rotatable bonds is 41. The molecule has 8 atom stereocenters. The van der Waals surface area contributed by atoms with Gasteiger partial charge in [0.1, 0.15) is 36.6 Å². The first kappa shape index (κ1) is 58.1. The predicted molar refractivity (Wildman–Crippen MR) is 243 cm³/mol. The Morgan fingerprint density at radius 2 is 0.934 bits per heavy atom. The number of carbonyl (C=O) groups excluding carboxylic acids is 1. The van der Waals surface area contributed by atoms with Crippen molar-refractivity contribution in [2.75, 3.05) is 6.61 Å². The van der Waals surface area contributed by atoms with Gasteiger partial charge in [-0.15, -0.1) is 0 Å². The molecular formula is C47H92NO12P. The molecule has 8 unspecified atom stereocenters. The van der Waals surface area contributed by atoms with Crippen LogP contribution < -0.4 is 5.32 Å². The van der Waals surface area contributed by atoms with E-state index in [9.17, 15) is 50.0 Å². The van der Waals surface area contributed by atoms with E-state index < -0.39 is 75.2 Å². The van der Waals surface area contributed by atoms with Gasteiger partial charge in [0.25, 0.3) is 0 Å². The summed E-state index contributed by atoms with van der Waals surface area (Å²) in [6.07, 6.45) is 25.8. The van der Waals surface area contributed by atoms with Gasteiger partial charge in [0.15, 0.2) is 0 Å². The Bertz CT molecular complexity index is 1100. The van der Waals surface area contributed by atoms with E-state index in [0.717, 1.165) is 44.9 Å². The summed E-state index contributed by atoms with van der Waals surface area (Å²) < 4.78 is 22.9. The Balaban J connectivity index is 2.50. The van der Waals surface area contributed by atoms with Crippen LogP contribution in [0.3, 0.4) is 0 Å². The predicted octanol–water partition coefficient (Wildman–Crippen LogP) is 8.59. The van der Waals surface area contributed by atoms with Crippen LogP contribution >= 0.6 is 7.82 Å². The normalized spacial score (nSPS) is 23.2. The molecule has 1 rings (SSSR count). The monoisotopic (exact) mass is 894 g/mol. The number of phosphoric acid groups is 1. The molecule has 1 aliphatic rings. The van der Waals surface area contributed by atoms with Crippen LogP contribution in [0.1, 0.15) is 219 Å². The van der Waals surface area contributed by atoms with E-state index in [1.165, 1.54) is 147 Å². The molecule has 0 spiro atoms. The van der Waals surface area contributed by atoms with Crippen LogP contribution in [-0.4, -0.2) is 108 Å². The molecule has 0 saturated heterocycles. The lowest BCUT2D eigenvalue weighted by molar-refractivity contribution is -0.220. The van der Waals surface area contributed by atoms with Crippen molar-refractivity contribution in [2.24, 2.45) is 0 Å². The van der Waals surface area contributed by atoms with E-state index in [1.807, 2.05) is 0 Å². The number of allylic oxidation sites excluding steroid dienone is 1. The zero-order valence-electron chi connectivity index (χ0n) is 38.3. The van der Waals surface area contributed by atoms with Gasteiger partial charge in [-0.2, -0.15) is 0 Å². The van der Waals surface area contributed by atoms with E-state index in [4.69, 9.17) is 9.05 Å². The van der Waals surface area contributed by atoms with E-state index in [-0.39, 0.29) is 6.42 Å². The Morgan fingerprint density at radius 3 is 1.34 bits per heavy atom. The second kappa shape index (κ2) is 37.3. The van der Waals surface area contributed by atoms with Gasteiger partial charge in [0.05, 0.1) is 31.3 Å². The molecule has 1 aliphatic carbocycles. The first-order valence-electron chi connectivity index (χ1n) is 24.7. The fourth-order valence-corrected chi connectivity index (χ4v) is 9.03. The highest BCUT2D eigenvalue weighted by Gasteiger charge is 2.51. The number of aliphatic hydroxyl groups excluding tert-OH is 7. The fraction of sp³-hybridized carbons (Fsp3) is 0.936. The van der Waals surface area contributed by atoms with Gasteiger partial charge in [-0.3, -0.25) is 13.8 Å². The number of hydrogen-bond donors (Lipinski definition) is 9. The quantitative estimate of drug-likeness (QED) is 0.0160. The zero-order valence-corrected chi connectivity index (χ0v) is 39.2. The van der Waals surface area contributed by atoms with Crippen molar-refractivity contribution in [2.45, 2.75) is 274 Å². The highest BCUT2D eigenvalue weighted by atomic mass is 31.2. The smallest absolute Gasteiger partial charge is 0.393 e. The van der Waals surface area contributed by atoms with Crippen LogP contribution in [0.4, 0.5) is 0 Å². The number of unbranched alkanes of at least 4 members (excludes halogenated alkanes) is 28. The van der Waals surface area contributed by atoms with Gasteiger partial charge in [-0.05, 0) is 19.3 Å². The van der Waals surface area contributed by atoms with Gasteiger partial charge in [-0.1, -0.05) is 206 Å². The minimum Gasteiger partial charge on any atom is -0.393 e. The van der Waals surface area contributed by atoms with Crippen molar-refractivity contribution in [3.8, 4) is 0 Å². The number of phosphoric ester groups is 1. The summed E-state index contributed by atoms with van der Waals surface area (Å²) in [4.78, 5) is 23.5. The molecule has 0 aromatic rings. The number of carbonyl (C=O) groups is 1. The minimum atomic E-state index is -5.14. The number of aliphatic hydroxyl groups is 7. The summed E-state index contributed by atoms with van der Waals surface area (Å²) in [5, 5.41) is 74.5. The number of nitrogens with one attached hydrogen (secondary N) is 1. The highest BCUT2D eigenvalue weighted by Crippen LogP contribution is 2.47. The maximum atomic E-state index is 13.0. The Morgan fingerprint density at radius 1 is 0.574 bits per heavy atom. The standard InChI is InChI=1S/C47H92NO12P/c1-3-5-7-9-11-13-15-17-19-20-21-22-24-26-28-30-32-34-38(49)36-41(51)48-39(37-59-61(57,58)60-47-45(55)43(53)42(52)44(54)46(47)56)40(50)35-33-31-29-27-25-23-18-16-14-12-10-8-6-4-2/h33,35,38-40,42-47,49-50,52-56H,3-32,34,36-37H2,1-2H3,(H,48,51)(H,57,58)/b35-33+. The highest BCUT2D eigenvalue weighted by molar-refractivity contribution is 7.47. The molecule has 13 nitrogen and oxygen atoms in total. The molecule has 0 heterocycles. The van der Waals surface area contributed by atoms with Crippen molar-refractivity contribution in [3.05, 3.63) is 12.2 Å². The Kier molecular flexibility index (Phi) is 35.5. The summed E-state index contributed by atoms with van der Waals surface area (Å²) in [6.45, 7) is 3.75. The lowest BCUT2D eigenvalue weighted by Crippen LogP contribution is -2.64.